The first-order valence-corrected chi connectivity index (χ1v) is 9.50. The van der Waals surface area contributed by atoms with Crippen LogP contribution in [-0.2, 0) is 13.0 Å². The van der Waals surface area contributed by atoms with Crippen molar-refractivity contribution >= 4 is 44.5 Å². The maximum atomic E-state index is 12.1. The van der Waals surface area contributed by atoms with E-state index in [0.717, 1.165) is 28.9 Å². The summed E-state index contributed by atoms with van der Waals surface area (Å²) in [5.41, 5.74) is 2.18. The van der Waals surface area contributed by atoms with Gasteiger partial charge >= 0.3 is 0 Å². The smallest absolute Gasteiger partial charge is 0.252 e. The lowest BCUT2D eigenvalue weighted by molar-refractivity contribution is 0.0933. The Morgan fingerprint density at radius 2 is 2.38 bits per heavy atom. The van der Waals surface area contributed by atoms with Gasteiger partial charge in [0, 0.05) is 35.9 Å². The molecule has 3 rings (SSSR count). The van der Waals surface area contributed by atoms with Crippen molar-refractivity contribution in [3.63, 3.8) is 0 Å². The molecule has 2 aromatic rings. The van der Waals surface area contributed by atoms with Gasteiger partial charge in [-0.1, -0.05) is 0 Å². The molecule has 1 aliphatic heterocycles. The van der Waals surface area contributed by atoms with Crippen molar-refractivity contribution in [1.82, 2.24) is 10.2 Å². The molecule has 1 aliphatic rings. The summed E-state index contributed by atoms with van der Waals surface area (Å²) in [6.07, 6.45) is 1.13. The highest BCUT2D eigenvalue weighted by molar-refractivity contribution is 9.11. The molecule has 6 heteroatoms. The van der Waals surface area contributed by atoms with Crippen molar-refractivity contribution in [3.8, 4) is 0 Å². The van der Waals surface area contributed by atoms with E-state index in [4.69, 9.17) is 0 Å². The molecule has 1 amide bonds. The Labute approximate surface area is 141 Å². The second kappa shape index (κ2) is 6.60. The van der Waals surface area contributed by atoms with Gasteiger partial charge in [0.05, 0.1) is 9.35 Å². The molecule has 0 radical (unpaired) electrons. The van der Waals surface area contributed by atoms with E-state index >= 15 is 0 Å². The summed E-state index contributed by atoms with van der Waals surface area (Å²) in [5, 5.41) is 7.09. The number of carbonyl (C=O) groups excluding carboxylic acids is 1. The number of amides is 1. The molecule has 0 aliphatic carbocycles. The second-order valence-corrected chi connectivity index (χ2v) is 8.58. The van der Waals surface area contributed by atoms with E-state index in [1.54, 1.807) is 0 Å². The maximum absolute atomic E-state index is 12.1. The monoisotopic (exact) mass is 384 g/mol. The van der Waals surface area contributed by atoms with Gasteiger partial charge in [-0.3, -0.25) is 9.69 Å². The lowest BCUT2D eigenvalue weighted by Crippen LogP contribution is -2.44. The Hall–Kier alpha value is -0.690. The number of nitrogens with zero attached hydrogens (tertiary/aromatic N) is 1. The standard InChI is InChI=1S/C15H17BrN2OS2/c1-10(7-17-15(19)12-6-14(16)21-9-12)18-4-2-13-11(8-18)3-5-20-13/h3,5-6,9-10H,2,4,7-8H2,1H3,(H,17,19)/t10-/m0/s1. The van der Waals surface area contributed by atoms with Crippen LogP contribution in [-0.4, -0.2) is 29.9 Å². The van der Waals surface area contributed by atoms with Gasteiger partial charge in [0.2, 0.25) is 0 Å². The molecule has 1 N–H and O–H groups in total. The van der Waals surface area contributed by atoms with Crippen molar-refractivity contribution < 1.29 is 4.79 Å². The summed E-state index contributed by atoms with van der Waals surface area (Å²) < 4.78 is 0.988. The van der Waals surface area contributed by atoms with Crippen LogP contribution in [0, 0.1) is 0 Å². The second-order valence-electron chi connectivity index (χ2n) is 5.29. The van der Waals surface area contributed by atoms with Crippen LogP contribution in [0.4, 0.5) is 0 Å². The van der Waals surface area contributed by atoms with Crippen LogP contribution >= 0.6 is 38.6 Å². The van der Waals surface area contributed by atoms with E-state index in [-0.39, 0.29) is 5.91 Å². The van der Waals surface area contributed by atoms with Crippen LogP contribution in [0.15, 0.2) is 26.7 Å². The van der Waals surface area contributed by atoms with Gasteiger partial charge in [0.15, 0.2) is 0 Å². The zero-order valence-electron chi connectivity index (χ0n) is 11.8. The lowest BCUT2D eigenvalue weighted by Gasteiger charge is -2.32. The fourth-order valence-corrected chi connectivity index (χ4v) is 4.57. The number of carbonyl (C=O) groups is 1. The molecule has 0 aromatic carbocycles. The molecule has 2 aromatic heterocycles. The van der Waals surface area contributed by atoms with Crippen molar-refractivity contribution in [2.24, 2.45) is 0 Å². The Morgan fingerprint density at radius 3 is 3.14 bits per heavy atom. The number of fused-ring (bicyclic) bond motifs is 1. The normalized spacial score (nSPS) is 16.5. The van der Waals surface area contributed by atoms with Crippen molar-refractivity contribution in [1.29, 1.82) is 0 Å². The summed E-state index contributed by atoms with van der Waals surface area (Å²) in [7, 11) is 0. The number of rotatable bonds is 4. The van der Waals surface area contributed by atoms with Gasteiger partial charge < -0.3 is 5.32 Å². The minimum absolute atomic E-state index is 0.0111. The number of thiophene rings is 2. The molecule has 0 bridgehead atoms. The molecule has 0 spiro atoms. The summed E-state index contributed by atoms with van der Waals surface area (Å²) in [4.78, 5) is 16.0. The first-order valence-electron chi connectivity index (χ1n) is 6.95. The molecule has 112 valence electrons. The highest BCUT2D eigenvalue weighted by Crippen LogP contribution is 2.25. The van der Waals surface area contributed by atoms with E-state index < -0.39 is 0 Å². The van der Waals surface area contributed by atoms with Crippen LogP contribution in [0.3, 0.4) is 0 Å². The fourth-order valence-electron chi connectivity index (χ4n) is 2.55. The average Bonchev–Trinajstić information content (AvgIpc) is 3.12. The van der Waals surface area contributed by atoms with Gasteiger partial charge in [-0.25, -0.2) is 0 Å². The first-order chi connectivity index (χ1) is 10.1. The molecule has 3 heterocycles. The zero-order chi connectivity index (χ0) is 14.8. The topological polar surface area (TPSA) is 32.3 Å². The Balaban J connectivity index is 1.53. The van der Waals surface area contributed by atoms with Crippen molar-refractivity contribution in [2.45, 2.75) is 25.9 Å². The fraction of sp³-hybridized carbons (Fsp3) is 0.400. The van der Waals surface area contributed by atoms with Gasteiger partial charge in [-0.05, 0) is 52.4 Å². The van der Waals surface area contributed by atoms with Crippen LogP contribution in [0.5, 0.6) is 0 Å². The van der Waals surface area contributed by atoms with Gasteiger partial charge in [-0.15, -0.1) is 22.7 Å². The molecule has 0 unspecified atom stereocenters. The Morgan fingerprint density at radius 1 is 1.52 bits per heavy atom. The summed E-state index contributed by atoms with van der Waals surface area (Å²) in [6.45, 7) is 4.95. The van der Waals surface area contributed by atoms with Crippen molar-refractivity contribution in [2.75, 3.05) is 13.1 Å². The minimum Gasteiger partial charge on any atom is -0.350 e. The highest BCUT2D eigenvalue weighted by atomic mass is 79.9. The van der Waals surface area contributed by atoms with E-state index in [2.05, 4.69) is 44.5 Å². The van der Waals surface area contributed by atoms with Crippen LogP contribution < -0.4 is 5.32 Å². The van der Waals surface area contributed by atoms with Crippen LogP contribution in [0.2, 0.25) is 0 Å². The largest absolute Gasteiger partial charge is 0.350 e. The van der Waals surface area contributed by atoms with Crippen LogP contribution in [0.25, 0.3) is 0 Å². The number of hydrogen-bond acceptors (Lipinski definition) is 4. The van der Waals surface area contributed by atoms with Crippen LogP contribution in [0.1, 0.15) is 27.7 Å². The number of hydrogen-bond donors (Lipinski definition) is 1. The van der Waals surface area contributed by atoms with Gasteiger partial charge in [-0.2, -0.15) is 0 Å². The quantitative estimate of drug-likeness (QED) is 0.870. The average molecular weight is 385 g/mol. The van der Waals surface area contributed by atoms with Gasteiger partial charge in [0.25, 0.3) is 5.91 Å². The molecule has 0 saturated carbocycles. The number of halogens is 1. The van der Waals surface area contributed by atoms with E-state index in [1.807, 2.05) is 22.8 Å². The number of nitrogens with one attached hydrogen (secondary N) is 1. The predicted molar refractivity (Wildman–Crippen MR) is 92.2 cm³/mol. The van der Waals surface area contributed by atoms with E-state index in [1.165, 1.54) is 21.8 Å². The maximum Gasteiger partial charge on any atom is 0.252 e. The molecule has 0 saturated heterocycles. The summed E-state index contributed by atoms with van der Waals surface area (Å²) >= 11 is 6.78. The molecular weight excluding hydrogens is 368 g/mol. The van der Waals surface area contributed by atoms with E-state index in [0.29, 0.717) is 12.6 Å². The third-order valence-electron chi connectivity index (χ3n) is 3.85. The first kappa shape index (κ1) is 15.2. The third-order valence-corrected chi connectivity index (χ3v) is 6.38. The molecule has 0 fully saturated rings. The highest BCUT2D eigenvalue weighted by Gasteiger charge is 2.21. The van der Waals surface area contributed by atoms with Crippen molar-refractivity contribution in [3.05, 3.63) is 42.7 Å². The zero-order valence-corrected chi connectivity index (χ0v) is 15.0. The SMILES string of the molecule is C[C@@H](CNC(=O)c1csc(Br)c1)N1CCc2sccc2C1. The Kier molecular flexibility index (Phi) is 4.78. The molecule has 1 atom stereocenters. The third kappa shape index (κ3) is 3.56. The summed E-state index contributed by atoms with van der Waals surface area (Å²) in [6, 6.07) is 4.44. The molecule has 3 nitrogen and oxygen atoms in total. The molecule has 21 heavy (non-hydrogen) atoms. The minimum atomic E-state index is 0.0111. The Bertz CT molecular complexity index is 637. The summed E-state index contributed by atoms with van der Waals surface area (Å²) in [5.74, 6) is 0.0111. The van der Waals surface area contributed by atoms with E-state index in [9.17, 15) is 4.79 Å². The predicted octanol–water partition coefficient (Wildman–Crippen LogP) is 3.75. The lowest BCUT2D eigenvalue weighted by atomic mass is 10.1. The van der Waals surface area contributed by atoms with Gasteiger partial charge in [0.1, 0.15) is 0 Å². The molecular formula is C15H17BrN2OS2.